The fraction of sp³-hybridized carbons (Fsp3) is 0.286. The van der Waals surface area contributed by atoms with E-state index in [1.807, 2.05) is 11.4 Å². The molecule has 3 nitrogen and oxygen atoms in total. The average molecular weight is 259 g/mol. The number of rotatable bonds is 3. The van der Waals surface area contributed by atoms with Crippen LogP contribution in [0.4, 0.5) is 0 Å². The van der Waals surface area contributed by atoms with Gasteiger partial charge in [0.15, 0.2) is 0 Å². The van der Waals surface area contributed by atoms with Crippen molar-refractivity contribution in [3.05, 3.63) is 40.2 Å². The molecule has 0 bridgehead atoms. The number of carbonyl (C=O) groups is 1. The summed E-state index contributed by atoms with van der Waals surface area (Å²) in [6.07, 6.45) is 1.22. The molecule has 1 N–H and O–H groups in total. The van der Waals surface area contributed by atoms with Gasteiger partial charge in [0.25, 0.3) is 0 Å². The van der Waals surface area contributed by atoms with E-state index < -0.39 is 5.97 Å². The van der Waals surface area contributed by atoms with Crippen molar-refractivity contribution < 1.29 is 9.90 Å². The van der Waals surface area contributed by atoms with E-state index >= 15 is 0 Å². The standard InChI is InChI=1S/C14H13NO2S/c1-8-5-11(8)13-15-12(7-18-13)9-3-2-4-10(6-9)14(16)17/h2-4,6-8,11H,5H2,1H3,(H,16,17). The Morgan fingerprint density at radius 3 is 2.94 bits per heavy atom. The Kier molecular flexibility index (Phi) is 2.67. The van der Waals surface area contributed by atoms with Crippen LogP contribution in [0.3, 0.4) is 0 Å². The number of hydrogen-bond donors (Lipinski definition) is 1. The third-order valence-corrected chi connectivity index (χ3v) is 4.33. The summed E-state index contributed by atoms with van der Waals surface area (Å²) in [5.74, 6) is 0.462. The number of carboxylic acid groups (broad SMARTS) is 1. The third-order valence-electron chi connectivity index (χ3n) is 3.35. The first-order valence-electron chi connectivity index (χ1n) is 5.94. The van der Waals surface area contributed by atoms with Crippen molar-refractivity contribution in [2.24, 2.45) is 5.92 Å². The van der Waals surface area contributed by atoms with Gasteiger partial charge in [-0.05, 0) is 24.5 Å². The molecule has 92 valence electrons. The van der Waals surface area contributed by atoms with E-state index in [-0.39, 0.29) is 0 Å². The van der Waals surface area contributed by atoms with Crippen LogP contribution in [0.2, 0.25) is 0 Å². The Hall–Kier alpha value is -1.68. The van der Waals surface area contributed by atoms with Crippen molar-refractivity contribution in [1.29, 1.82) is 0 Å². The molecule has 0 amide bonds. The van der Waals surface area contributed by atoms with Crippen LogP contribution in [0.5, 0.6) is 0 Å². The van der Waals surface area contributed by atoms with Gasteiger partial charge in [-0.25, -0.2) is 9.78 Å². The minimum absolute atomic E-state index is 0.307. The molecule has 0 saturated heterocycles. The lowest BCUT2D eigenvalue weighted by atomic mass is 10.1. The smallest absolute Gasteiger partial charge is 0.335 e. The van der Waals surface area contributed by atoms with Crippen LogP contribution < -0.4 is 0 Å². The second kappa shape index (κ2) is 4.21. The third kappa shape index (κ3) is 2.04. The van der Waals surface area contributed by atoms with E-state index in [2.05, 4.69) is 11.9 Å². The highest BCUT2D eigenvalue weighted by Crippen LogP contribution is 2.48. The van der Waals surface area contributed by atoms with Crippen LogP contribution in [0.25, 0.3) is 11.3 Å². The molecule has 1 aromatic heterocycles. The summed E-state index contributed by atoms with van der Waals surface area (Å²) in [7, 11) is 0. The van der Waals surface area contributed by atoms with E-state index in [1.165, 1.54) is 11.4 Å². The van der Waals surface area contributed by atoms with Crippen LogP contribution in [-0.4, -0.2) is 16.1 Å². The normalized spacial score (nSPS) is 21.8. The molecule has 1 aliphatic rings. The van der Waals surface area contributed by atoms with Gasteiger partial charge in [-0.2, -0.15) is 0 Å². The van der Waals surface area contributed by atoms with Gasteiger partial charge in [0.05, 0.1) is 16.3 Å². The molecule has 1 aromatic carbocycles. The Labute approximate surface area is 109 Å². The largest absolute Gasteiger partial charge is 0.478 e. The number of thiazole rings is 1. The molecular weight excluding hydrogens is 246 g/mol. The van der Waals surface area contributed by atoms with Crippen molar-refractivity contribution in [2.45, 2.75) is 19.3 Å². The Morgan fingerprint density at radius 1 is 1.50 bits per heavy atom. The molecule has 0 aliphatic heterocycles. The summed E-state index contributed by atoms with van der Waals surface area (Å²) in [4.78, 5) is 15.6. The summed E-state index contributed by atoms with van der Waals surface area (Å²) < 4.78 is 0. The summed E-state index contributed by atoms with van der Waals surface area (Å²) >= 11 is 1.67. The lowest BCUT2D eigenvalue weighted by Gasteiger charge is -1.98. The summed E-state index contributed by atoms with van der Waals surface area (Å²) in [6.45, 7) is 2.23. The van der Waals surface area contributed by atoms with Crippen molar-refractivity contribution in [3.8, 4) is 11.3 Å². The zero-order valence-corrected chi connectivity index (χ0v) is 10.8. The van der Waals surface area contributed by atoms with Gasteiger partial charge in [0.2, 0.25) is 0 Å². The maximum atomic E-state index is 10.9. The monoisotopic (exact) mass is 259 g/mol. The molecule has 2 unspecified atom stereocenters. The maximum Gasteiger partial charge on any atom is 0.335 e. The molecule has 1 aliphatic carbocycles. The van der Waals surface area contributed by atoms with E-state index in [0.29, 0.717) is 11.5 Å². The molecule has 2 atom stereocenters. The molecule has 0 radical (unpaired) electrons. The van der Waals surface area contributed by atoms with Gasteiger partial charge in [0.1, 0.15) is 0 Å². The second-order valence-electron chi connectivity index (χ2n) is 4.78. The molecule has 0 spiro atoms. The average Bonchev–Trinajstić information content (AvgIpc) is 2.92. The first kappa shape index (κ1) is 11.4. The van der Waals surface area contributed by atoms with Gasteiger partial charge in [-0.15, -0.1) is 11.3 Å². The molecule has 1 heterocycles. The molecule has 3 rings (SSSR count). The number of benzene rings is 1. The minimum Gasteiger partial charge on any atom is -0.478 e. The molecule has 1 fully saturated rings. The lowest BCUT2D eigenvalue weighted by molar-refractivity contribution is 0.0697. The molecule has 1 saturated carbocycles. The molecule has 2 aromatic rings. The number of carboxylic acids is 1. The van der Waals surface area contributed by atoms with Crippen molar-refractivity contribution in [3.63, 3.8) is 0 Å². The zero-order valence-electron chi connectivity index (χ0n) is 9.96. The predicted molar refractivity (Wildman–Crippen MR) is 71.0 cm³/mol. The van der Waals surface area contributed by atoms with Crippen LogP contribution >= 0.6 is 11.3 Å². The van der Waals surface area contributed by atoms with Crippen molar-refractivity contribution in [1.82, 2.24) is 4.98 Å². The Bertz CT molecular complexity index is 605. The topological polar surface area (TPSA) is 50.2 Å². The Morgan fingerprint density at radius 2 is 2.28 bits per heavy atom. The fourth-order valence-electron chi connectivity index (χ4n) is 2.07. The van der Waals surface area contributed by atoms with Crippen molar-refractivity contribution in [2.75, 3.05) is 0 Å². The minimum atomic E-state index is -0.900. The number of hydrogen-bond acceptors (Lipinski definition) is 3. The lowest BCUT2D eigenvalue weighted by Crippen LogP contribution is -1.95. The summed E-state index contributed by atoms with van der Waals surface area (Å²) in [6, 6.07) is 6.94. The number of nitrogens with zero attached hydrogens (tertiary/aromatic N) is 1. The van der Waals surface area contributed by atoms with Crippen LogP contribution in [-0.2, 0) is 0 Å². The summed E-state index contributed by atoms with van der Waals surface area (Å²) in [5, 5.41) is 12.2. The van der Waals surface area contributed by atoms with E-state index in [4.69, 9.17) is 5.11 Å². The number of aromatic nitrogens is 1. The fourth-order valence-corrected chi connectivity index (χ4v) is 3.14. The van der Waals surface area contributed by atoms with Crippen LogP contribution in [0.15, 0.2) is 29.6 Å². The highest BCUT2D eigenvalue weighted by molar-refractivity contribution is 7.10. The zero-order chi connectivity index (χ0) is 12.7. The van der Waals surface area contributed by atoms with Gasteiger partial charge < -0.3 is 5.11 Å². The Balaban J connectivity index is 1.92. The predicted octanol–water partition coefficient (Wildman–Crippen LogP) is 3.63. The van der Waals surface area contributed by atoms with E-state index in [1.54, 1.807) is 29.5 Å². The first-order chi connectivity index (χ1) is 8.65. The van der Waals surface area contributed by atoms with Crippen LogP contribution in [0, 0.1) is 5.92 Å². The highest BCUT2D eigenvalue weighted by Gasteiger charge is 2.36. The van der Waals surface area contributed by atoms with Gasteiger partial charge in [-0.3, -0.25) is 0 Å². The molecule has 4 heteroatoms. The van der Waals surface area contributed by atoms with Crippen molar-refractivity contribution >= 4 is 17.3 Å². The highest BCUT2D eigenvalue weighted by atomic mass is 32.1. The molecular formula is C14H13NO2S. The number of aromatic carboxylic acids is 1. The van der Waals surface area contributed by atoms with Gasteiger partial charge in [0, 0.05) is 16.9 Å². The van der Waals surface area contributed by atoms with E-state index in [9.17, 15) is 4.79 Å². The first-order valence-corrected chi connectivity index (χ1v) is 6.82. The second-order valence-corrected chi connectivity index (χ2v) is 5.67. The van der Waals surface area contributed by atoms with E-state index in [0.717, 1.165) is 17.2 Å². The molecule has 18 heavy (non-hydrogen) atoms. The van der Waals surface area contributed by atoms with Crippen LogP contribution in [0.1, 0.15) is 34.6 Å². The maximum absolute atomic E-state index is 10.9. The van der Waals surface area contributed by atoms with Gasteiger partial charge in [-0.1, -0.05) is 19.1 Å². The quantitative estimate of drug-likeness (QED) is 0.915. The summed E-state index contributed by atoms with van der Waals surface area (Å²) in [5.41, 5.74) is 2.07. The SMILES string of the molecule is CC1CC1c1nc(-c2cccc(C(=O)O)c2)cs1. The van der Waals surface area contributed by atoms with Gasteiger partial charge >= 0.3 is 5.97 Å².